The van der Waals surface area contributed by atoms with E-state index < -0.39 is 0 Å². The molecule has 1 saturated carbocycles. The van der Waals surface area contributed by atoms with Gasteiger partial charge in [0.1, 0.15) is 0 Å². The molecular formula is C24H24N6O. The lowest BCUT2D eigenvalue weighted by Gasteiger charge is -2.37. The molecule has 1 aliphatic heterocycles. The lowest BCUT2D eigenvalue weighted by atomic mass is 10.1. The fraction of sp³-hybridized carbons (Fsp3) is 0.333. The Morgan fingerprint density at radius 1 is 0.871 bits per heavy atom. The summed E-state index contributed by atoms with van der Waals surface area (Å²) in [6.45, 7) is 5.85. The van der Waals surface area contributed by atoms with Crippen LogP contribution in [0.25, 0.3) is 22.4 Å². The van der Waals surface area contributed by atoms with Gasteiger partial charge in [0.05, 0.1) is 0 Å². The molecule has 156 valence electrons. The Bertz CT molecular complexity index is 1240. The highest BCUT2D eigenvalue weighted by atomic mass is 16.5. The number of rotatable bonds is 4. The Morgan fingerprint density at radius 3 is 2.42 bits per heavy atom. The second kappa shape index (κ2) is 7.34. The van der Waals surface area contributed by atoms with Gasteiger partial charge < -0.3 is 14.3 Å². The van der Waals surface area contributed by atoms with Crippen molar-refractivity contribution in [2.75, 3.05) is 36.0 Å². The zero-order valence-electron chi connectivity index (χ0n) is 17.5. The van der Waals surface area contributed by atoms with Crippen molar-refractivity contribution < 1.29 is 4.52 Å². The standard InChI is InChI=1S/C24H24N6O/c1-16-5-4-6-18(15-16)29-11-13-30(14-12-29)23-20-8-3-2-7-19(20)21(26-27-23)24-25-22(28-31-24)17-9-10-17/h2-8,15,17H,9-14H2,1H3. The van der Waals surface area contributed by atoms with E-state index in [0.717, 1.165) is 61.4 Å². The largest absolute Gasteiger partial charge is 0.368 e. The van der Waals surface area contributed by atoms with Crippen LogP contribution in [0, 0.1) is 6.92 Å². The molecule has 3 heterocycles. The van der Waals surface area contributed by atoms with Gasteiger partial charge in [-0.3, -0.25) is 0 Å². The van der Waals surface area contributed by atoms with Crippen LogP contribution in [0.5, 0.6) is 0 Å². The van der Waals surface area contributed by atoms with Gasteiger partial charge in [0.15, 0.2) is 17.3 Å². The van der Waals surface area contributed by atoms with Gasteiger partial charge in [0.2, 0.25) is 0 Å². The van der Waals surface area contributed by atoms with Crippen molar-refractivity contribution in [3.8, 4) is 11.6 Å². The number of fused-ring (bicyclic) bond motifs is 1. The predicted octanol–water partition coefficient (Wildman–Crippen LogP) is 4.19. The summed E-state index contributed by atoms with van der Waals surface area (Å²) < 4.78 is 5.53. The summed E-state index contributed by atoms with van der Waals surface area (Å²) in [6, 6.07) is 16.9. The molecule has 2 aromatic carbocycles. The SMILES string of the molecule is Cc1cccc(N2CCN(c3nnc(-c4nc(C5CC5)no4)c4ccccc34)CC2)c1. The van der Waals surface area contributed by atoms with Gasteiger partial charge in [-0.05, 0) is 37.5 Å². The molecule has 0 spiro atoms. The number of aryl methyl sites for hydroxylation is 1. The Labute approximate surface area is 180 Å². The van der Waals surface area contributed by atoms with E-state index in [9.17, 15) is 0 Å². The molecule has 4 aromatic rings. The quantitative estimate of drug-likeness (QED) is 0.498. The van der Waals surface area contributed by atoms with Crippen LogP contribution in [0.3, 0.4) is 0 Å². The minimum atomic E-state index is 0.445. The Morgan fingerprint density at radius 2 is 1.65 bits per heavy atom. The Hall–Kier alpha value is -3.48. The number of aromatic nitrogens is 4. The molecule has 0 unspecified atom stereocenters. The maximum atomic E-state index is 5.53. The molecule has 1 saturated heterocycles. The summed E-state index contributed by atoms with van der Waals surface area (Å²) in [7, 11) is 0. The number of hydrogen-bond donors (Lipinski definition) is 0. The topological polar surface area (TPSA) is 71.2 Å². The Balaban J connectivity index is 1.29. The van der Waals surface area contributed by atoms with Crippen molar-refractivity contribution in [1.29, 1.82) is 0 Å². The maximum Gasteiger partial charge on any atom is 0.279 e. The number of nitrogens with zero attached hydrogens (tertiary/aromatic N) is 6. The van der Waals surface area contributed by atoms with E-state index in [1.165, 1.54) is 11.3 Å². The van der Waals surface area contributed by atoms with Gasteiger partial charge in [-0.25, -0.2) is 0 Å². The second-order valence-corrected chi connectivity index (χ2v) is 8.46. The molecule has 0 N–H and O–H groups in total. The average Bonchev–Trinajstić information content (AvgIpc) is 3.55. The van der Waals surface area contributed by atoms with Gasteiger partial charge in [0, 0.05) is 48.6 Å². The Kier molecular flexibility index (Phi) is 4.33. The third kappa shape index (κ3) is 3.40. The molecule has 0 amide bonds. The van der Waals surface area contributed by atoms with Crippen molar-refractivity contribution in [3.63, 3.8) is 0 Å². The normalized spacial score (nSPS) is 16.8. The van der Waals surface area contributed by atoms with Gasteiger partial charge in [0.25, 0.3) is 5.89 Å². The van der Waals surface area contributed by atoms with Gasteiger partial charge in [-0.2, -0.15) is 4.98 Å². The van der Waals surface area contributed by atoms with Gasteiger partial charge in [-0.15, -0.1) is 10.2 Å². The molecule has 7 heteroatoms. The van der Waals surface area contributed by atoms with E-state index in [-0.39, 0.29) is 0 Å². The summed E-state index contributed by atoms with van der Waals surface area (Å²) in [5.74, 6) is 2.62. The smallest absolute Gasteiger partial charge is 0.279 e. The van der Waals surface area contributed by atoms with E-state index >= 15 is 0 Å². The number of anilines is 2. The fourth-order valence-electron chi connectivity index (χ4n) is 4.32. The highest BCUT2D eigenvalue weighted by molar-refractivity contribution is 5.99. The molecule has 2 fully saturated rings. The first kappa shape index (κ1) is 18.3. The van der Waals surface area contributed by atoms with Crippen molar-refractivity contribution in [3.05, 3.63) is 59.9 Å². The first-order valence-electron chi connectivity index (χ1n) is 10.9. The molecule has 6 rings (SSSR count). The molecule has 31 heavy (non-hydrogen) atoms. The van der Waals surface area contributed by atoms with Crippen molar-refractivity contribution >= 4 is 22.3 Å². The molecule has 0 bridgehead atoms. The molecule has 2 aromatic heterocycles. The van der Waals surface area contributed by atoms with Gasteiger partial charge >= 0.3 is 0 Å². The van der Waals surface area contributed by atoms with E-state index in [0.29, 0.717) is 17.5 Å². The number of benzene rings is 2. The third-order valence-electron chi connectivity index (χ3n) is 6.20. The van der Waals surface area contributed by atoms with E-state index in [4.69, 9.17) is 4.52 Å². The van der Waals surface area contributed by atoms with Crippen LogP contribution in [0.1, 0.15) is 30.1 Å². The minimum absolute atomic E-state index is 0.445. The van der Waals surface area contributed by atoms with Crippen molar-refractivity contribution in [2.45, 2.75) is 25.7 Å². The third-order valence-corrected chi connectivity index (χ3v) is 6.20. The fourth-order valence-corrected chi connectivity index (χ4v) is 4.32. The van der Waals surface area contributed by atoms with Crippen LogP contribution in [-0.2, 0) is 0 Å². The number of piperazine rings is 1. The minimum Gasteiger partial charge on any atom is -0.368 e. The van der Waals surface area contributed by atoms with Crippen LogP contribution in [-0.4, -0.2) is 46.5 Å². The lowest BCUT2D eigenvalue weighted by molar-refractivity contribution is 0.421. The van der Waals surface area contributed by atoms with Crippen LogP contribution in [0.15, 0.2) is 53.1 Å². The molecule has 0 radical (unpaired) electrons. The van der Waals surface area contributed by atoms with Crippen LogP contribution < -0.4 is 9.80 Å². The van der Waals surface area contributed by atoms with Crippen LogP contribution in [0.4, 0.5) is 11.5 Å². The highest BCUT2D eigenvalue weighted by Gasteiger charge is 2.30. The zero-order valence-corrected chi connectivity index (χ0v) is 17.5. The highest BCUT2D eigenvalue weighted by Crippen LogP contribution is 2.39. The van der Waals surface area contributed by atoms with Crippen molar-refractivity contribution in [2.24, 2.45) is 0 Å². The average molecular weight is 412 g/mol. The maximum absolute atomic E-state index is 5.53. The molecule has 1 aliphatic carbocycles. The number of hydrogen-bond acceptors (Lipinski definition) is 7. The molecular weight excluding hydrogens is 388 g/mol. The zero-order chi connectivity index (χ0) is 20.8. The van der Waals surface area contributed by atoms with Crippen LogP contribution in [0.2, 0.25) is 0 Å². The first-order valence-corrected chi connectivity index (χ1v) is 10.9. The first-order chi connectivity index (χ1) is 15.3. The lowest BCUT2D eigenvalue weighted by Crippen LogP contribution is -2.47. The monoisotopic (exact) mass is 412 g/mol. The summed E-state index contributed by atoms with van der Waals surface area (Å²) in [5, 5.41) is 15.4. The van der Waals surface area contributed by atoms with E-state index in [1.54, 1.807) is 0 Å². The van der Waals surface area contributed by atoms with Crippen molar-refractivity contribution in [1.82, 2.24) is 20.3 Å². The van der Waals surface area contributed by atoms with Gasteiger partial charge in [-0.1, -0.05) is 41.6 Å². The molecule has 2 aliphatic rings. The summed E-state index contributed by atoms with van der Waals surface area (Å²) in [6.07, 6.45) is 2.28. The summed E-state index contributed by atoms with van der Waals surface area (Å²) in [4.78, 5) is 9.35. The predicted molar refractivity (Wildman–Crippen MR) is 120 cm³/mol. The van der Waals surface area contributed by atoms with E-state index in [2.05, 4.69) is 73.5 Å². The summed E-state index contributed by atoms with van der Waals surface area (Å²) in [5.41, 5.74) is 3.24. The molecule has 0 atom stereocenters. The molecule has 7 nitrogen and oxygen atoms in total. The summed E-state index contributed by atoms with van der Waals surface area (Å²) >= 11 is 0. The second-order valence-electron chi connectivity index (χ2n) is 8.46. The van der Waals surface area contributed by atoms with Crippen LogP contribution >= 0.6 is 0 Å². The van der Waals surface area contributed by atoms with E-state index in [1.807, 2.05) is 12.1 Å².